The van der Waals surface area contributed by atoms with Gasteiger partial charge in [0.25, 0.3) is 0 Å². The van der Waals surface area contributed by atoms with E-state index in [0.717, 1.165) is 24.9 Å². The highest BCUT2D eigenvalue weighted by molar-refractivity contribution is 5.92. The Morgan fingerprint density at radius 2 is 2.14 bits per heavy atom. The predicted octanol–water partition coefficient (Wildman–Crippen LogP) is 1.69. The number of guanidine groups is 1. The van der Waals surface area contributed by atoms with Gasteiger partial charge in [0.2, 0.25) is 0 Å². The predicted molar refractivity (Wildman–Crippen MR) is 82.6 cm³/mol. The van der Waals surface area contributed by atoms with Crippen LogP contribution in [0.2, 0.25) is 0 Å². The Hall–Kier alpha value is -2.24. The minimum absolute atomic E-state index is 0.380. The lowest BCUT2D eigenvalue weighted by atomic mass is 10.1. The first kappa shape index (κ1) is 16.8. The fourth-order valence-electron chi connectivity index (χ4n) is 1.75. The van der Waals surface area contributed by atoms with E-state index in [4.69, 9.17) is 15.2 Å². The number of nitrogens with one attached hydrogen (secondary N) is 1. The zero-order valence-corrected chi connectivity index (χ0v) is 12.8. The molecule has 0 aliphatic carbocycles. The summed E-state index contributed by atoms with van der Waals surface area (Å²) < 4.78 is 9.87. The Morgan fingerprint density at radius 3 is 2.76 bits per heavy atom. The van der Waals surface area contributed by atoms with Crippen LogP contribution in [0.5, 0.6) is 5.75 Å². The van der Waals surface area contributed by atoms with E-state index >= 15 is 0 Å². The van der Waals surface area contributed by atoms with Gasteiger partial charge in [-0.25, -0.2) is 9.79 Å². The average molecular weight is 293 g/mol. The smallest absolute Gasteiger partial charge is 0.341 e. The number of carbonyl (C=O) groups is 1. The third-order valence-corrected chi connectivity index (χ3v) is 2.94. The first-order chi connectivity index (χ1) is 10.1. The third-order valence-electron chi connectivity index (χ3n) is 2.94. The Morgan fingerprint density at radius 1 is 1.38 bits per heavy atom. The first-order valence-corrected chi connectivity index (χ1v) is 6.91. The lowest BCUT2D eigenvalue weighted by Crippen LogP contribution is -2.32. The second-order valence-corrected chi connectivity index (χ2v) is 4.51. The number of nitrogens with two attached hydrogens (primary N) is 1. The van der Waals surface area contributed by atoms with E-state index in [1.165, 1.54) is 14.2 Å². The van der Waals surface area contributed by atoms with Crippen molar-refractivity contribution >= 4 is 11.9 Å². The highest BCUT2D eigenvalue weighted by atomic mass is 16.5. The number of methoxy groups -OCH3 is 2. The minimum Gasteiger partial charge on any atom is -0.496 e. The van der Waals surface area contributed by atoms with Gasteiger partial charge in [0.15, 0.2) is 5.96 Å². The van der Waals surface area contributed by atoms with Gasteiger partial charge in [0.1, 0.15) is 11.3 Å². The molecule has 0 saturated heterocycles. The minimum atomic E-state index is -0.438. The van der Waals surface area contributed by atoms with Crippen LogP contribution in [-0.2, 0) is 11.3 Å². The van der Waals surface area contributed by atoms with Gasteiger partial charge in [0, 0.05) is 6.54 Å². The first-order valence-electron chi connectivity index (χ1n) is 6.91. The lowest BCUT2D eigenvalue weighted by Gasteiger charge is -2.09. The fourth-order valence-corrected chi connectivity index (χ4v) is 1.75. The Balaban J connectivity index is 2.75. The number of nitrogens with zero attached hydrogens (tertiary/aromatic N) is 1. The molecule has 0 heterocycles. The maximum absolute atomic E-state index is 11.7. The molecule has 0 aliphatic heterocycles. The molecule has 0 unspecified atom stereocenters. The van der Waals surface area contributed by atoms with Crippen LogP contribution >= 0.6 is 0 Å². The molecule has 0 bridgehead atoms. The van der Waals surface area contributed by atoms with Crippen LogP contribution in [0.15, 0.2) is 23.2 Å². The van der Waals surface area contributed by atoms with Crippen molar-refractivity contribution in [2.45, 2.75) is 26.3 Å². The second kappa shape index (κ2) is 8.84. The van der Waals surface area contributed by atoms with Crippen LogP contribution in [0.3, 0.4) is 0 Å². The Kier molecular flexibility index (Phi) is 7.08. The largest absolute Gasteiger partial charge is 0.496 e. The number of ether oxygens (including phenoxy) is 2. The van der Waals surface area contributed by atoms with Gasteiger partial charge in [-0.1, -0.05) is 19.4 Å². The summed E-state index contributed by atoms with van der Waals surface area (Å²) in [6, 6.07) is 5.26. The lowest BCUT2D eigenvalue weighted by molar-refractivity contribution is 0.0597. The quantitative estimate of drug-likeness (QED) is 0.346. The van der Waals surface area contributed by atoms with Gasteiger partial charge in [-0.2, -0.15) is 0 Å². The van der Waals surface area contributed by atoms with E-state index in [2.05, 4.69) is 17.2 Å². The van der Waals surface area contributed by atoms with Crippen molar-refractivity contribution in [1.29, 1.82) is 0 Å². The van der Waals surface area contributed by atoms with Crippen molar-refractivity contribution in [3.63, 3.8) is 0 Å². The van der Waals surface area contributed by atoms with E-state index in [1.807, 2.05) is 6.07 Å². The second-order valence-electron chi connectivity index (χ2n) is 4.51. The van der Waals surface area contributed by atoms with Gasteiger partial charge >= 0.3 is 5.97 Å². The Bertz CT molecular complexity index is 501. The molecule has 0 atom stereocenters. The van der Waals surface area contributed by atoms with Crippen molar-refractivity contribution in [2.75, 3.05) is 20.8 Å². The molecule has 0 amide bonds. The normalized spacial score (nSPS) is 11.1. The van der Waals surface area contributed by atoms with Crippen molar-refractivity contribution in [3.05, 3.63) is 29.3 Å². The molecule has 1 aromatic carbocycles. The zero-order valence-electron chi connectivity index (χ0n) is 12.8. The van der Waals surface area contributed by atoms with Crippen molar-refractivity contribution in [2.24, 2.45) is 10.7 Å². The SMILES string of the molecule is CCCCNC(N)=NCc1ccc(OC)c(C(=O)OC)c1. The number of esters is 1. The number of rotatable bonds is 7. The number of hydrogen-bond acceptors (Lipinski definition) is 4. The van der Waals surface area contributed by atoms with E-state index in [0.29, 0.717) is 23.8 Å². The van der Waals surface area contributed by atoms with Crippen molar-refractivity contribution in [1.82, 2.24) is 5.32 Å². The zero-order chi connectivity index (χ0) is 15.7. The van der Waals surface area contributed by atoms with Gasteiger partial charge < -0.3 is 20.5 Å². The monoisotopic (exact) mass is 293 g/mol. The highest BCUT2D eigenvalue weighted by Crippen LogP contribution is 2.21. The van der Waals surface area contributed by atoms with Crippen LogP contribution in [0.4, 0.5) is 0 Å². The van der Waals surface area contributed by atoms with E-state index in [-0.39, 0.29) is 0 Å². The van der Waals surface area contributed by atoms with Gasteiger partial charge in [0.05, 0.1) is 20.8 Å². The third kappa shape index (κ3) is 5.33. The molecule has 0 spiro atoms. The van der Waals surface area contributed by atoms with Crippen molar-refractivity contribution < 1.29 is 14.3 Å². The fraction of sp³-hybridized carbons (Fsp3) is 0.467. The molecule has 0 fully saturated rings. The molecular formula is C15H23N3O3. The van der Waals surface area contributed by atoms with Crippen LogP contribution in [0, 0.1) is 0 Å². The van der Waals surface area contributed by atoms with Crippen molar-refractivity contribution in [3.8, 4) is 5.75 Å². The van der Waals surface area contributed by atoms with Crippen LogP contribution < -0.4 is 15.8 Å². The molecule has 116 valence electrons. The molecule has 0 radical (unpaired) electrons. The molecule has 0 aromatic heterocycles. The molecule has 0 aliphatic rings. The van der Waals surface area contributed by atoms with E-state index < -0.39 is 5.97 Å². The number of aliphatic imine (C=N–C) groups is 1. The molecule has 6 heteroatoms. The van der Waals surface area contributed by atoms with Crippen LogP contribution in [0.25, 0.3) is 0 Å². The summed E-state index contributed by atoms with van der Waals surface area (Å²) in [5.74, 6) is 0.439. The standard InChI is InChI=1S/C15H23N3O3/c1-4-5-8-17-15(16)18-10-11-6-7-13(20-2)12(9-11)14(19)21-3/h6-7,9H,4-5,8,10H2,1-3H3,(H3,16,17,18). The average Bonchev–Trinajstić information content (AvgIpc) is 2.52. The summed E-state index contributed by atoms with van der Waals surface area (Å²) in [6.07, 6.45) is 2.15. The van der Waals surface area contributed by atoms with Crippen LogP contribution in [0.1, 0.15) is 35.7 Å². The topological polar surface area (TPSA) is 85.9 Å². The maximum atomic E-state index is 11.7. The van der Waals surface area contributed by atoms with Gasteiger partial charge in [-0.15, -0.1) is 0 Å². The van der Waals surface area contributed by atoms with Gasteiger partial charge in [-0.3, -0.25) is 0 Å². The molecule has 0 saturated carbocycles. The number of carbonyl (C=O) groups excluding carboxylic acids is 1. The Labute approximate surface area is 125 Å². The maximum Gasteiger partial charge on any atom is 0.341 e. The summed E-state index contributed by atoms with van der Waals surface area (Å²) in [5, 5.41) is 3.04. The molecule has 6 nitrogen and oxygen atoms in total. The van der Waals surface area contributed by atoms with Gasteiger partial charge in [-0.05, 0) is 24.1 Å². The summed E-state index contributed by atoms with van der Waals surface area (Å²) in [5.41, 5.74) is 7.00. The summed E-state index contributed by atoms with van der Waals surface area (Å²) in [7, 11) is 2.84. The molecule has 21 heavy (non-hydrogen) atoms. The summed E-state index contributed by atoms with van der Waals surface area (Å²) in [6.45, 7) is 3.31. The number of unbranched alkanes of at least 4 members (excludes halogenated alkanes) is 1. The molecule has 1 rings (SSSR count). The summed E-state index contributed by atoms with van der Waals surface area (Å²) in [4.78, 5) is 15.9. The van der Waals surface area contributed by atoms with E-state index in [9.17, 15) is 4.79 Å². The molecule has 1 aromatic rings. The number of hydrogen-bond donors (Lipinski definition) is 2. The molecular weight excluding hydrogens is 270 g/mol. The summed E-state index contributed by atoms with van der Waals surface area (Å²) >= 11 is 0. The highest BCUT2D eigenvalue weighted by Gasteiger charge is 2.13. The molecule has 3 N–H and O–H groups in total. The van der Waals surface area contributed by atoms with E-state index in [1.54, 1.807) is 12.1 Å². The van der Waals surface area contributed by atoms with Crippen LogP contribution in [-0.4, -0.2) is 32.7 Å². The number of benzene rings is 1.